The van der Waals surface area contributed by atoms with Gasteiger partial charge in [-0.3, -0.25) is 4.57 Å². The molecular formula is C20H17F2N5O4. The first kappa shape index (κ1) is 19.2. The molecule has 1 aromatic carbocycles. The predicted octanol–water partition coefficient (Wildman–Crippen LogP) is 2.06. The first-order valence-corrected chi connectivity index (χ1v) is 9.39. The number of hydrogen-bond acceptors (Lipinski definition) is 8. The maximum atomic E-state index is 14.4. The van der Waals surface area contributed by atoms with E-state index in [4.69, 9.17) is 19.9 Å². The molecule has 0 atom stereocenters. The number of halogens is 2. The molecule has 0 bridgehead atoms. The lowest BCUT2D eigenvalue weighted by atomic mass is 9.99. The van der Waals surface area contributed by atoms with Crippen molar-refractivity contribution in [3.8, 4) is 17.4 Å². The number of nitrogens with one attached hydrogen (secondary N) is 1. The third kappa shape index (κ3) is 3.63. The van der Waals surface area contributed by atoms with E-state index in [2.05, 4.69) is 15.3 Å². The molecule has 0 unspecified atom stereocenters. The van der Waals surface area contributed by atoms with Crippen LogP contribution >= 0.6 is 0 Å². The van der Waals surface area contributed by atoms with Gasteiger partial charge in [-0.15, -0.1) is 0 Å². The molecule has 2 aliphatic heterocycles. The van der Waals surface area contributed by atoms with E-state index in [-0.39, 0.29) is 35.2 Å². The first-order valence-electron chi connectivity index (χ1n) is 9.39. The maximum absolute atomic E-state index is 14.4. The zero-order valence-corrected chi connectivity index (χ0v) is 16.1. The predicted molar refractivity (Wildman–Crippen MR) is 105 cm³/mol. The number of pyridine rings is 1. The number of rotatable bonds is 5. The van der Waals surface area contributed by atoms with E-state index in [1.165, 1.54) is 22.9 Å². The van der Waals surface area contributed by atoms with Crippen LogP contribution in [0.3, 0.4) is 0 Å². The maximum Gasteiger partial charge on any atom is 0.352 e. The summed E-state index contributed by atoms with van der Waals surface area (Å²) in [6.45, 7) is 1.28. The zero-order valence-electron chi connectivity index (χ0n) is 16.1. The number of fused-ring (bicyclic) bond motifs is 1. The van der Waals surface area contributed by atoms with Gasteiger partial charge in [-0.25, -0.2) is 18.6 Å². The summed E-state index contributed by atoms with van der Waals surface area (Å²) in [5.41, 5.74) is 4.93. The normalized spacial score (nSPS) is 15.8. The summed E-state index contributed by atoms with van der Waals surface area (Å²) in [6, 6.07) is 6.65. The van der Waals surface area contributed by atoms with Crippen molar-refractivity contribution in [1.29, 1.82) is 0 Å². The molecule has 9 nitrogen and oxygen atoms in total. The minimum absolute atomic E-state index is 0.0510. The molecule has 160 valence electrons. The highest BCUT2D eigenvalue weighted by Crippen LogP contribution is 2.32. The van der Waals surface area contributed by atoms with Gasteiger partial charge < -0.3 is 25.3 Å². The second-order valence-electron chi connectivity index (χ2n) is 7.44. The standard InChI is InChI=1S/C20H17F2N5O4/c21-13-3-11(4-14(22)18(13)31-12-1-2-15(23)24-6-12)7-30-17-5-16-26-20(9-29-10-20)8-27(16)19(28)25-17/h1-6,26H,7-10H2,(H2,23,24). The molecule has 0 radical (unpaired) electrons. The first-order chi connectivity index (χ1) is 14.9. The molecule has 11 heteroatoms. The Hall–Kier alpha value is -3.73. The second kappa shape index (κ2) is 7.20. The van der Waals surface area contributed by atoms with Gasteiger partial charge in [-0.05, 0) is 29.8 Å². The summed E-state index contributed by atoms with van der Waals surface area (Å²) in [5.74, 6) is -1.38. The molecule has 0 aliphatic carbocycles. The highest BCUT2D eigenvalue weighted by molar-refractivity contribution is 5.47. The molecule has 0 saturated carbocycles. The zero-order chi connectivity index (χ0) is 21.6. The third-order valence-electron chi connectivity index (χ3n) is 5.02. The molecule has 5 rings (SSSR count). The molecule has 0 amide bonds. The van der Waals surface area contributed by atoms with Crippen LogP contribution in [0.2, 0.25) is 0 Å². The molecule has 2 aliphatic rings. The van der Waals surface area contributed by atoms with Crippen molar-refractivity contribution in [2.75, 3.05) is 24.3 Å². The van der Waals surface area contributed by atoms with Crippen molar-refractivity contribution < 1.29 is 23.0 Å². The number of nitrogens with two attached hydrogens (primary N) is 1. The number of benzene rings is 1. The average molecular weight is 429 g/mol. The van der Waals surface area contributed by atoms with Crippen molar-refractivity contribution >= 4 is 11.6 Å². The Bertz CT molecular complexity index is 1190. The number of hydrogen-bond donors (Lipinski definition) is 2. The van der Waals surface area contributed by atoms with Gasteiger partial charge in [-0.2, -0.15) is 4.98 Å². The largest absolute Gasteiger partial charge is 0.473 e. The summed E-state index contributed by atoms with van der Waals surface area (Å²) in [6.07, 6.45) is 1.26. The van der Waals surface area contributed by atoms with Crippen LogP contribution in [0.25, 0.3) is 0 Å². The molecule has 4 heterocycles. The van der Waals surface area contributed by atoms with Crippen LogP contribution in [0.5, 0.6) is 17.4 Å². The van der Waals surface area contributed by atoms with E-state index >= 15 is 0 Å². The van der Waals surface area contributed by atoms with E-state index in [0.717, 1.165) is 12.1 Å². The van der Waals surface area contributed by atoms with E-state index in [0.29, 0.717) is 25.6 Å². The van der Waals surface area contributed by atoms with Gasteiger partial charge in [0.25, 0.3) is 0 Å². The Morgan fingerprint density at radius 2 is 2.00 bits per heavy atom. The van der Waals surface area contributed by atoms with Crippen LogP contribution in [-0.2, 0) is 17.9 Å². The van der Waals surface area contributed by atoms with Crippen molar-refractivity contribution in [1.82, 2.24) is 14.5 Å². The van der Waals surface area contributed by atoms with Crippen LogP contribution < -0.4 is 26.2 Å². The van der Waals surface area contributed by atoms with Crippen molar-refractivity contribution in [2.45, 2.75) is 18.7 Å². The van der Waals surface area contributed by atoms with Crippen molar-refractivity contribution in [2.24, 2.45) is 0 Å². The van der Waals surface area contributed by atoms with Gasteiger partial charge >= 0.3 is 5.69 Å². The minimum Gasteiger partial charge on any atom is -0.473 e. The van der Waals surface area contributed by atoms with E-state index in [1.54, 1.807) is 6.07 Å². The Balaban J connectivity index is 1.30. The molecule has 2 aromatic heterocycles. The fraction of sp³-hybridized carbons (Fsp3) is 0.250. The van der Waals surface area contributed by atoms with Crippen molar-refractivity contribution in [3.63, 3.8) is 0 Å². The number of anilines is 2. The highest BCUT2D eigenvalue weighted by Gasteiger charge is 2.44. The third-order valence-corrected chi connectivity index (χ3v) is 5.02. The van der Waals surface area contributed by atoms with Crippen LogP contribution in [0.15, 0.2) is 41.3 Å². The lowest BCUT2D eigenvalue weighted by Crippen LogP contribution is -2.55. The number of aromatic nitrogens is 3. The highest BCUT2D eigenvalue weighted by atomic mass is 19.1. The van der Waals surface area contributed by atoms with Crippen LogP contribution in [0, 0.1) is 11.6 Å². The molecule has 1 fully saturated rings. The smallest absolute Gasteiger partial charge is 0.352 e. The van der Waals surface area contributed by atoms with Crippen molar-refractivity contribution in [3.05, 3.63) is 64.2 Å². The monoisotopic (exact) mass is 429 g/mol. The Kier molecular flexibility index (Phi) is 4.47. The van der Waals surface area contributed by atoms with Gasteiger partial charge in [0.2, 0.25) is 5.88 Å². The SMILES string of the molecule is Nc1ccc(Oc2c(F)cc(COc3cc4n(c(=O)n3)CC3(COC3)N4)cc2F)cn1. The number of nitrogen functional groups attached to an aromatic ring is 1. The van der Waals surface area contributed by atoms with Gasteiger partial charge in [0.1, 0.15) is 29.5 Å². The summed E-state index contributed by atoms with van der Waals surface area (Å²) in [7, 11) is 0. The molecule has 31 heavy (non-hydrogen) atoms. The summed E-state index contributed by atoms with van der Waals surface area (Å²) in [5, 5.41) is 3.25. The lowest BCUT2D eigenvalue weighted by Gasteiger charge is -2.37. The van der Waals surface area contributed by atoms with E-state index < -0.39 is 23.1 Å². The summed E-state index contributed by atoms with van der Waals surface area (Å²) >= 11 is 0. The average Bonchev–Trinajstić information content (AvgIpc) is 3.12. The van der Waals surface area contributed by atoms with E-state index in [1.807, 2.05) is 0 Å². The Morgan fingerprint density at radius 3 is 2.65 bits per heavy atom. The lowest BCUT2D eigenvalue weighted by molar-refractivity contribution is -0.0432. The Morgan fingerprint density at radius 1 is 1.23 bits per heavy atom. The van der Waals surface area contributed by atoms with Crippen LogP contribution in [0.1, 0.15) is 5.56 Å². The number of ether oxygens (including phenoxy) is 3. The Labute approximate surface area is 174 Å². The van der Waals surface area contributed by atoms with Gasteiger partial charge in [0, 0.05) is 6.07 Å². The fourth-order valence-corrected chi connectivity index (χ4v) is 3.46. The minimum atomic E-state index is -0.911. The molecule has 1 saturated heterocycles. The fourth-order valence-electron chi connectivity index (χ4n) is 3.46. The summed E-state index contributed by atoms with van der Waals surface area (Å²) < 4.78 is 46.3. The number of nitrogens with zero attached hydrogens (tertiary/aromatic N) is 3. The van der Waals surface area contributed by atoms with Crippen LogP contribution in [-0.4, -0.2) is 33.3 Å². The second-order valence-corrected chi connectivity index (χ2v) is 7.44. The van der Waals surface area contributed by atoms with Gasteiger partial charge in [0.15, 0.2) is 17.4 Å². The van der Waals surface area contributed by atoms with Crippen LogP contribution in [0.4, 0.5) is 20.4 Å². The molecule has 1 spiro atoms. The summed E-state index contributed by atoms with van der Waals surface area (Å²) in [4.78, 5) is 20.0. The quantitative estimate of drug-likeness (QED) is 0.634. The topological polar surface area (TPSA) is 114 Å². The van der Waals surface area contributed by atoms with E-state index in [9.17, 15) is 13.6 Å². The molecule has 3 aromatic rings. The molecule has 3 N–H and O–H groups in total. The van der Waals surface area contributed by atoms with Gasteiger partial charge in [-0.1, -0.05) is 0 Å². The molecular weight excluding hydrogens is 412 g/mol. The van der Waals surface area contributed by atoms with Gasteiger partial charge in [0.05, 0.1) is 26.0 Å².